The van der Waals surface area contributed by atoms with E-state index in [1.807, 2.05) is 11.3 Å². The summed E-state index contributed by atoms with van der Waals surface area (Å²) < 4.78 is 0. The van der Waals surface area contributed by atoms with Gasteiger partial charge in [0.1, 0.15) is 0 Å². The van der Waals surface area contributed by atoms with Crippen LogP contribution >= 0.6 is 23.1 Å². The lowest BCUT2D eigenvalue weighted by Gasteiger charge is -2.16. The minimum Gasteiger partial charge on any atom is -0.310 e. The summed E-state index contributed by atoms with van der Waals surface area (Å²) in [6.07, 6.45) is 3.60. The third-order valence-corrected chi connectivity index (χ3v) is 6.36. The number of thiophene rings is 1. The van der Waals surface area contributed by atoms with Crippen molar-refractivity contribution in [3.63, 3.8) is 0 Å². The van der Waals surface area contributed by atoms with E-state index in [1.165, 1.54) is 29.9 Å². The number of rotatable bonds is 6. The molecule has 0 saturated heterocycles. The fraction of sp³-hybridized carbons (Fsp3) is 0.444. The second-order valence-corrected chi connectivity index (χ2v) is 7.81. The predicted molar refractivity (Wildman–Crippen MR) is 95.4 cm³/mol. The van der Waals surface area contributed by atoms with Gasteiger partial charge in [-0.15, -0.1) is 11.3 Å². The number of hydrogen-bond donors (Lipinski definition) is 1. The topological polar surface area (TPSA) is 12.0 Å². The Hall–Kier alpha value is -0.770. The maximum absolute atomic E-state index is 3.68. The van der Waals surface area contributed by atoms with E-state index >= 15 is 0 Å². The molecular weight excluding hydrogens is 294 g/mol. The van der Waals surface area contributed by atoms with E-state index in [2.05, 4.69) is 60.4 Å². The fourth-order valence-electron chi connectivity index (χ4n) is 2.89. The molecule has 0 fully saturated rings. The van der Waals surface area contributed by atoms with Gasteiger partial charge in [0.15, 0.2) is 0 Å². The van der Waals surface area contributed by atoms with Crippen LogP contribution in [0, 0.1) is 0 Å². The molecule has 1 aromatic carbocycles. The molecule has 1 aliphatic heterocycles. The standard InChI is InChI=1S/C18H23NS2/c1-2-19-16(9-8-14-6-4-3-5-7-14)18-12-15-13-20-11-10-17(15)21-18/h3-7,12,16,19H,2,8-11,13H2,1H3. The highest BCUT2D eigenvalue weighted by atomic mass is 32.2. The van der Waals surface area contributed by atoms with Gasteiger partial charge in [0.05, 0.1) is 0 Å². The van der Waals surface area contributed by atoms with Gasteiger partial charge >= 0.3 is 0 Å². The highest BCUT2D eigenvalue weighted by Gasteiger charge is 2.18. The van der Waals surface area contributed by atoms with Crippen molar-refractivity contribution in [1.82, 2.24) is 5.32 Å². The Labute approximate surface area is 136 Å². The Morgan fingerprint density at radius 1 is 1.24 bits per heavy atom. The number of aryl methyl sites for hydroxylation is 2. The molecule has 1 atom stereocenters. The highest BCUT2D eigenvalue weighted by molar-refractivity contribution is 7.98. The number of benzene rings is 1. The maximum Gasteiger partial charge on any atom is 0.0418 e. The SMILES string of the molecule is CCNC(CCc1ccccc1)c1cc2c(s1)CCSC2. The molecular formula is C18H23NS2. The predicted octanol–water partition coefficient (Wildman–Crippen LogP) is 4.82. The highest BCUT2D eigenvalue weighted by Crippen LogP contribution is 2.35. The lowest BCUT2D eigenvalue weighted by atomic mass is 10.0. The van der Waals surface area contributed by atoms with Gasteiger partial charge in [-0.1, -0.05) is 37.3 Å². The van der Waals surface area contributed by atoms with Gasteiger partial charge in [0.25, 0.3) is 0 Å². The van der Waals surface area contributed by atoms with Crippen molar-refractivity contribution in [3.8, 4) is 0 Å². The van der Waals surface area contributed by atoms with Crippen LogP contribution in [0.15, 0.2) is 36.4 Å². The maximum atomic E-state index is 3.68. The number of thioether (sulfide) groups is 1. The largest absolute Gasteiger partial charge is 0.310 e. The Morgan fingerprint density at radius 3 is 2.86 bits per heavy atom. The van der Waals surface area contributed by atoms with E-state index < -0.39 is 0 Å². The van der Waals surface area contributed by atoms with Crippen LogP contribution in [-0.2, 0) is 18.6 Å². The van der Waals surface area contributed by atoms with Crippen LogP contribution in [0.2, 0.25) is 0 Å². The lowest BCUT2D eigenvalue weighted by molar-refractivity contribution is 0.523. The molecule has 0 bridgehead atoms. The van der Waals surface area contributed by atoms with E-state index in [0.717, 1.165) is 13.0 Å². The molecule has 0 amide bonds. The molecule has 0 radical (unpaired) electrons. The van der Waals surface area contributed by atoms with Gasteiger partial charge in [-0.2, -0.15) is 11.8 Å². The Balaban J connectivity index is 1.70. The third kappa shape index (κ3) is 3.91. The molecule has 1 N–H and O–H groups in total. The van der Waals surface area contributed by atoms with Gasteiger partial charge < -0.3 is 5.32 Å². The van der Waals surface area contributed by atoms with Gasteiger partial charge in [0, 0.05) is 21.5 Å². The van der Waals surface area contributed by atoms with Gasteiger partial charge in [-0.3, -0.25) is 0 Å². The molecule has 2 heterocycles. The zero-order valence-electron chi connectivity index (χ0n) is 12.6. The fourth-order valence-corrected chi connectivity index (χ4v) is 5.38. The molecule has 21 heavy (non-hydrogen) atoms. The zero-order chi connectivity index (χ0) is 14.5. The normalized spacial score (nSPS) is 15.7. The van der Waals surface area contributed by atoms with E-state index in [1.54, 1.807) is 15.3 Å². The Kier molecular flexibility index (Phi) is 5.39. The minimum absolute atomic E-state index is 0.510. The summed E-state index contributed by atoms with van der Waals surface area (Å²) in [6.45, 7) is 3.25. The summed E-state index contributed by atoms with van der Waals surface area (Å²) in [5, 5.41) is 3.68. The molecule has 112 valence electrons. The van der Waals surface area contributed by atoms with Crippen LogP contribution < -0.4 is 5.32 Å². The first kappa shape index (κ1) is 15.1. The van der Waals surface area contributed by atoms with Crippen molar-refractivity contribution in [1.29, 1.82) is 0 Å². The van der Waals surface area contributed by atoms with Crippen molar-refractivity contribution >= 4 is 23.1 Å². The van der Waals surface area contributed by atoms with Crippen LogP contribution in [0.4, 0.5) is 0 Å². The molecule has 1 nitrogen and oxygen atoms in total. The van der Waals surface area contributed by atoms with Crippen molar-refractivity contribution in [2.75, 3.05) is 12.3 Å². The average molecular weight is 318 g/mol. The van der Waals surface area contributed by atoms with Crippen LogP contribution in [0.25, 0.3) is 0 Å². The van der Waals surface area contributed by atoms with Crippen molar-refractivity contribution < 1.29 is 0 Å². The summed E-state index contributed by atoms with van der Waals surface area (Å²) in [7, 11) is 0. The van der Waals surface area contributed by atoms with Crippen LogP contribution in [0.1, 0.15) is 40.3 Å². The van der Waals surface area contributed by atoms with Gasteiger partial charge in [0.2, 0.25) is 0 Å². The van der Waals surface area contributed by atoms with Gasteiger partial charge in [-0.25, -0.2) is 0 Å². The van der Waals surface area contributed by atoms with E-state index in [-0.39, 0.29) is 0 Å². The zero-order valence-corrected chi connectivity index (χ0v) is 14.2. The molecule has 0 spiro atoms. The summed E-state index contributed by atoms with van der Waals surface area (Å²) in [6, 6.07) is 13.8. The minimum atomic E-state index is 0.510. The lowest BCUT2D eigenvalue weighted by Crippen LogP contribution is -2.20. The molecule has 0 aliphatic carbocycles. The summed E-state index contributed by atoms with van der Waals surface area (Å²) in [5.41, 5.74) is 3.03. The van der Waals surface area contributed by atoms with Crippen LogP contribution in [0.3, 0.4) is 0 Å². The van der Waals surface area contributed by atoms with Crippen molar-refractivity contribution in [2.24, 2.45) is 0 Å². The summed E-state index contributed by atoms with van der Waals surface area (Å²) >= 11 is 4.12. The van der Waals surface area contributed by atoms with E-state index in [0.29, 0.717) is 6.04 Å². The van der Waals surface area contributed by atoms with Crippen LogP contribution in [-0.4, -0.2) is 12.3 Å². The molecule has 3 rings (SSSR count). The molecule has 3 heteroatoms. The van der Waals surface area contributed by atoms with E-state index in [4.69, 9.17) is 0 Å². The molecule has 2 aromatic rings. The first-order valence-electron chi connectivity index (χ1n) is 7.83. The molecule has 1 unspecified atom stereocenters. The Morgan fingerprint density at radius 2 is 2.10 bits per heavy atom. The quantitative estimate of drug-likeness (QED) is 0.819. The third-order valence-electron chi connectivity index (χ3n) is 4.01. The van der Waals surface area contributed by atoms with Crippen molar-refractivity contribution in [3.05, 3.63) is 57.3 Å². The van der Waals surface area contributed by atoms with Crippen LogP contribution in [0.5, 0.6) is 0 Å². The first-order valence-corrected chi connectivity index (χ1v) is 9.80. The number of nitrogens with one attached hydrogen (secondary N) is 1. The van der Waals surface area contributed by atoms with E-state index in [9.17, 15) is 0 Å². The monoisotopic (exact) mass is 317 g/mol. The number of fused-ring (bicyclic) bond motifs is 1. The first-order chi connectivity index (χ1) is 10.4. The van der Waals surface area contributed by atoms with Gasteiger partial charge in [-0.05, 0) is 48.8 Å². The summed E-state index contributed by atoms with van der Waals surface area (Å²) in [4.78, 5) is 3.17. The van der Waals surface area contributed by atoms with Crippen molar-refractivity contribution in [2.45, 2.75) is 38.0 Å². The second kappa shape index (κ2) is 7.48. The molecule has 1 aliphatic rings. The Bertz CT molecular complexity index is 538. The second-order valence-electron chi connectivity index (χ2n) is 5.53. The average Bonchev–Trinajstić information content (AvgIpc) is 2.96. The molecule has 1 aromatic heterocycles. The summed E-state index contributed by atoms with van der Waals surface area (Å²) in [5.74, 6) is 2.51. The number of hydrogen-bond acceptors (Lipinski definition) is 3. The molecule has 0 saturated carbocycles. The smallest absolute Gasteiger partial charge is 0.0418 e.